The van der Waals surface area contributed by atoms with E-state index in [1.54, 1.807) is 18.3 Å². The fourth-order valence-electron chi connectivity index (χ4n) is 1.90. The van der Waals surface area contributed by atoms with Crippen molar-refractivity contribution in [2.75, 3.05) is 16.4 Å². The Morgan fingerprint density at radius 1 is 1.00 bits per heavy atom. The molecule has 0 atom stereocenters. The van der Waals surface area contributed by atoms with Crippen molar-refractivity contribution in [3.63, 3.8) is 0 Å². The Balaban J connectivity index is 1.88. The number of pyridine rings is 1. The van der Waals surface area contributed by atoms with Crippen LogP contribution in [0.1, 0.15) is 0 Å². The van der Waals surface area contributed by atoms with Gasteiger partial charge in [-0.15, -0.1) is 0 Å². The van der Waals surface area contributed by atoms with Crippen LogP contribution >= 0.6 is 27.5 Å². The third-order valence-electron chi connectivity index (χ3n) is 2.98. The van der Waals surface area contributed by atoms with Gasteiger partial charge in [0.05, 0.1) is 5.69 Å². The first kappa shape index (κ1) is 15.5. The molecule has 0 saturated carbocycles. The zero-order valence-electron chi connectivity index (χ0n) is 11.8. The van der Waals surface area contributed by atoms with Gasteiger partial charge in [-0.1, -0.05) is 33.6 Å². The number of aromatic nitrogens is 3. The normalized spacial score (nSPS) is 10.3. The van der Waals surface area contributed by atoms with Gasteiger partial charge in [-0.2, -0.15) is 0 Å². The second-order valence-electron chi connectivity index (χ2n) is 4.59. The van der Waals surface area contributed by atoms with E-state index in [0.717, 1.165) is 10.2 Å². The standard InChI is InChI=1S/C15H12BrClN6/c16-9-3-1-4-10(7-9)22-14-12(18)15(21-8-20-14)23-11-5-2-6-19-13(11)17/h1-8H,18H2,(H2,20,21,22,23). The molecule has 0 unspecified atom stereocenters. The molecule has 0 aliphatic heterocycles. The van der Waals surface area contributed by atoms with E-state index in [1.165, 1.54) is 6.33 Å². The molecule has 0 amide bonds. The van der Waals surface area contributed by atoms with E-state index in [1.807, 2.05) is 24.3 Å². The number of benzene rings is 1. The highest BCUT2D eigenvalue weighted by molar-refractivity contribution is 9.10. The summed E-state index contributed by atoms with van der Waals surface area (Å²) in [6.07, 6.45) is 3.03. The molecule has 2 aromatic heterocycles. The minimum absolute atomic E-state index is 0.340. The van der Waals surface area contributed by atoms with E-state index in [0.29, 0.717) is 28.2 Å². The zero-order valence-corrected chi connectivity index (χ0v) is 14.1. The predicted octanol–water partition coefficient (Wildman–Crippen LogP) is 4.36. The minimum atomic E-state index is 0.340. The Hall–Kier alpha value is -2.38. The Morgan fingerprint density at radius 2 is 1.78 bits per heavy atom. The van der Waals surface area contributed by atoms with E-state index in [2.05, 4.69) is 41.5 Å². The van der Waals surface area contributed by atoms with Crippen LogP contribution in [0.5, 0.6) is 0 Å². The van der Waals surface area contributed by atoms with Crippen molar-refractivity contribution in [3.8, 4) is 0 Å². The fraction of sp³-hybridized carbons (Fsp3) is 0. The number of anilines is 5. The topological polar surface area (TPSA) is 88.8 Å². The lowest BCUT2D eigenvalue weighted by molar-refractivity contribution is 1.17. The third kappa shape index (κ3) is 3.69. The SMILES string of the molecule is Nc1c(Nc2cccc(Br)c2)ncnc1Nc1cccnc1Cl. The Labute approximate surface area is 146 Å². The van der Waals surface area contributed by atoms with Crippen LogP contribution in [0, 0.1) is 0 Å². The van der Waals surface area contributed by atoms with E-state index in [4.69, 9.17) is 17.3 Å². The molecule has 0 bridgehead atoms. The maximum atomic E-state index is 6.14. The van der Waals surface area contributed by atoms with Crippen LogP contribution in [0.2, 0.25) is 5.15 Å². The molecule has 8 heteroatoms. The second kappa shape index (κ2) is 6.80. The summed E-state index contributed by atoms with van der Waals surface area (Å²) in [6.45, 7) is 0. The van der Waals surface area contributed by atoms with Gasteiger partial charge in [-0.25, -0.2) is 15.0 Å². The van der Waals surface area contributed by atoms with Crippen molar-refractivity contribution in [3.05, 3.63) is 58.5 Å². The van der Waals surface area contributed by atoms with Crippen LogP contribution in [-0.2, 0) is 0 Å². The van der Waals surface area contributed by atoms with Crippen molar-refractivity contribution in [1.29, 1.82) is 0 Å². The molecule has 3 aromatic rings. The van der Waals surface area contributed by atoms with Crippen LogP contribution in [0.25, 0.3) is 0 Å². The molecule has 6 nitrogen and oxygen atoms in total. The van der Waals surface area contributed by atoms with Gasteiger partial charge in [0.15, 0.2) is 16.8 Å². The van der Waals surface area contributed by atoms with Crippen LogP contribution in [0.15, 0.2) is 53.4 Å². The number of hydrogen-bond donors (Lipinski definition) is 3. The molecule has 3 rings (SSSR count). The van der Waals surface area contributed by atoms with Gasteiger partial charge in [0.1, 0.15) is 12.0 Å². The monoisotopic (exact) mass is 390 g/mol. The van der Waals surface area contributed by atoms with Gasteiger partial charge in [0.2, 0.25) is 0 Å². The number of halogens is 2. The summed E-state index contributed by atoms with van der Waals surface area (Å²) in [5.74, 6) is 0.952. The molecular formula is C15H12BrClN6. The minimum Gasteiger partial charge on any atom is -0.393 e. The largest absolute Gasteiger partial charge is 0.393 e. The lowest BCUT2D eigenvalue weighted by atomic mass is 10.3. The van der Waals surface area contributed by atoms with Crippen molar-refractivity contribution >= 4 is 56.2 Å². The number of nitrogens with two attached hydrogens (primary N) is 1. The first-order valence-electron chi connectivity index (χ1n) is 6.64. The highest BCUT2D eigenvalue weighted by Crippen LogP contribution is 2.30. The molecule has 1 aromatic carbocycles. The number of nitrogen functional groups attached to an aromatic ring is 1. The summed E-state index contributed by atoms with van der Waals surface area (Å²) in [5, 5.41) is 6.56. The summed E-state index contributed by atoms with van der Waals surface area (Å²) in [7, 11) is 0. The predicted molar refractivity (Wildman–Crippen MR) is 96.4 cm³/mol. The summed E-state index contributed by atoms with van der Waals surface area (Å²) in [6, 6.07) is 11.2. The molecule has 0 radical (unpaired) electrons. The first-order chi connectivity index (χ1) is 11.1. The molecule has 0 spiro atoms. The van der Waals surface area contributed by atoms with Gasteiger partial charge < -0.3 is 16.4 Å². The Bertz CT molecular complexity index is 842. The van der Waals surface area contributed by atoms with E-state index in [9.17, 15) is 0 Å². The molecule has 0 fully saturated rings. The lowest BCUT2D eigenvalue weighted by Gasteiger charge is -2.13. The van der Waals surface area contributed by atoms with Crippen LogP contribution in [0.3, 0.4) is 0 Å². The smallest absolute Gasteiger partial charge is 0.159 e. The number of rotatable bonds is 4. The molecule has 2 heterocycles. The second-order valence-corrected chi connectivity index (χ2v) is 5.86. The maximum Gasteiger partial charge on any atom is 0.159 e. The van der Waals surface area contributed by atoms with E-state index in [-0.39, 0.29) is 0 Å². The quantitative estimate of drug-likeness (QED) is 0.573. The van der Waals surface area contributed by atoms with Gasteiger partial charge >= 0.3 is 0 Å². The maximum absolute atomic E-state index is 6.14. The first-order valence-corrected chi connectivity index (χ1v) is 7.81. The van der Waals surface area contributed by atoms with Gasteiger partial charge in [-0.05, 0) is 30.3 Å². The third-order valence-corrected chi connectivity index (χ3v) is 3.78. The average molecular weight is 392 g/mol. The number of nitrogens with one attached hydrogen (secondary N) is 2. The summed E-state index contributed by atoms with van der Waals surface area (Å²) >= 11 is 9.46. The molecule has 0 aliphatic carbocycles. The van der Waals surface area contributed by atoms with Crippen molar-refractivity contribution in [1.82, 2.24) is 15.0 Å². The molecular weight excluding hydrogens is 380 g/mol. The Morgan fingerprint density at radius 3 is 2.52 bits per heavy atom. The fourth-order valence-corrected chi connectivity index (χ4v) is 2.47. The Kier molecular flexibility index (Phi) is 4.59. The van der Waals surface area contributed by atoms with Crippen molar-refractivity contribution in [2.24, 2.45) is 0 Å². The van der Waals surface area contributed by atoms with Crippen molar-refractivity contribution in [2.45, 2.75) is 0 Å². The molecule has 23 heavy (non-hydrogen) atoms. The molecule has 0 saturated heterocycles. The van der Waals surface area contributed by atoms with Gasteiger partial charge in [-0.3, -0.25) is 0 Å². The molecule has 4 N–H and O–H groups in total. The summed E-state index contributed by atoms with van der Waals surface area (Å²) in [4.78, 5) is 12.3. The average Bonchev–Trinajstić information content (AvgIpc) is 2.53. The van der Waals surface area contributed by atoms with Crippen LogP contribution in [-0.4, -0.2) is 15.0 Å². The van der Waals surface area contributed by atoms with Gasteiger partial charge in [0.25, 0.3) is 0 Å². The number of nitrogens with zero attached hydrogens (tertiary/aromatic N) is 3. The van der Waals surface area contributed by atoms with Crippen LogP contribution < -0.4 is 16.4 Å². The molecule has 116 valence electrons. The van der Waals surface area contributed by atoms with Crippen LogP contribution in [0.4, 0.5) is 28.7 Å². The van der Waals surface area contributed by atoms with E-state index >= 15 is 0 Å². The summed E-state index contributed by atoms with van der Waals surface area (Å²) < 4.78 is 0.954. The lowest BCUT2D eigenvalue weighted by Crippen LogP contribution is -2.05. The molecule has 0 aliphatic rings. The summed E-state index contributed by atoms with van der Waals surface area (Å²) in [5.41, 5.74) is 8.00. The van der Waals surface area contributed by atoms with E-state index < -0.39 is 0 Å². The number of hydrogen-bond acceptors (Lipinski definition) is 6. The zero-order chi connectivity index (χ0) is 16.2. The van der Waals surface area contributed by atoms with Crippen molar-refractivity contribution < 1.29 is 0 Å². The highest BCUT2D eigenvalue weighted by atomic mass is 79.9. The highest BCUT2D eigenvalue weighted by Gasteiger charge is 2.10. The van der Waals surface area contributed by atoms with Gasteiger partial charge in [0, 0.05) is 16.4 Å².